The van der Waals surface area contributed by atoms with Gasteiger partial charge in [0.15, 0.2) is 0 Å². The van der Waals surface area contributed by atoms with Gasteiger partial charge < -0.3 is 5.32 Å². The Morgan fingerprint density at radius 3 is 2.33 bits per heavy atom. The molecule has 0 amide bonds. The predicted molar refractivity (Wildman–Crippen MR) is 74.2 cm³/mol. The van der Waals surface area contributed by atoms with Gasteiger partial charge in [-0.25, -0.2) is 4.39 Å². The Balaban J connectivity index is 1.91. The van der Waals surface area contributed by atoms with E-state index in [2.05, 4.69) is 33.0 Å². The molecule has 100 valence electrons. The fourth-order valence-electron chi connectivity index (χ4n) is 2.89. The summed E-state index contributed by atoms with van der Waals surface area (Å²) in [5.74, 6) is 0.403. The molecular formula is C15H21ClFN. The molecule has 0 saturated heterocycles. The highest BCUT2D eigenvalue weighted by Crippen LogP contribution is 2.67. The third-order valence-electron chi connectivity index (χ3n) is 5.03. The van der Waals surface area contributed by atoms with E-state index in [0.29, 0.717) is 33.9 Å². The largest absolute Gasteiger partial charge is 0.312 e. The Hall–Kier alpha value is -0.600. The molecule has 1 aromatic rings. The van der Waals surface area contributed by atoms with Crippen LogP contribution in [0.5, 0.6) is 0 Å². The summed E-state index contributed by atoms with van der Waals surface area (Å²) < 4.78 is 13.6. The molecule has 0 bridgehead atoms. The highest BCUT2D eigenvalue weighted by molar-refractivity contribution is 6.31. The number of rotatable bonds is 4. The van der Waals surface area contributed by atoms with Gasteiger partial charge in [-0.1, -0.05) is 45.4 Å². The van der Waals surface area contributed by atoms with E-state index in [1.54, 1.807) is 12.1 Å². The van der Waals surface area contributed by atoms with Gasteiger partial charge in [0.2, 0.25) is 0 Å². The molecule has 1 nitrogen and oxygen atoms in total. The molecule has 0 unspecified atom stereocenters. The Labute approximate surface area is 114 Å². The van der Waals surface area contributed by atoms with Gasteiger partial charge in [-0.15, -0.1) is 0 Å². The Kier molecular flexibility index (Phi) is 3.46. The third kappa shape index (κ3) is 2.17. The molecular weight excluding hydrogens is 249 g/mol. The molecule has 1 N–H and O–H groups in total. The van der Waals surface area contributed by atoms with Gasteiger partial charge >= 0.3 is 0 Å². The quantitative estimate of drug-likeness (QED) is 0.862. The molecule has 0 heterocycles. The summed E-state index contributed by atoms with van der Waals surface area (Å²) in [7, 11) is 0. The zero-order chi connectivity index (χ0) is 13.6. The SMILES string of the molecule is CC1(C)C(CNCc2c(F)cccc2Cl)C1(C)C. The number of halogens is 2. The van der Waals surface area contributed by atoms with Gasteiger partial charge in [-0.2, -0.15) is 0 Å². The molecule has 0 aromatic heterocycles. The average molecular weight is 270 g/mol. The maximum atomic E-state index is 13.6. The van der Waals surface area contributed by atoms with Crippen molar-refractivity contribution in [3.05, 3.63) is 34.6 Å². The second kappa shape index (κ2) is 4.50. The fourth-order valence-corrected chi connectivity index (χ4v) is 3.12. The van der Waals surface area contributed by atoms with Crippen LogP contribution in [0.2, 0.25) is 5.02 Å². The van der Waals surface area contributed by atoms with Crippen LogP contribution in [0.25, 0.3) is 0 Å². The number of nitrogens with one attached hydrogen (secondary N) is 1. The van der Waals surface area contributed by atoms with Crippen molar-refractivity contribution in [2.75, 3.05) is 6.54 Å². The summed E-state index contributed by atoms with van der Waals surface area (Å²) in [6.45, 7) is 10.6. The second-order valence-corrected chi connectivity index (χ2v) is 6.73. The van der Waals surface area contributed by atoms with Gasteiger partial charge in [0.05, 0.1) is 0 Å². The number of hydrogen-bond acceptors (Lipinski definition) is 1. The summed E-state index contributed by atoms with van der Waals surface area (Å²) >= 11 is 5.99. The van der Waals surface area contributed by atoms with Crippen LogP contribution in [0.1, 0.15) is 33.3 Å². The van der Waals surface area contributed by atoms with Crippen LogP contribution >= 0.6 is 11.6 Å². The lowest BCUT2D eigenvalue weighted by atomic mass is 10.0. The lowest BCUT2D eigenvalue weighted by molar-refractivity contribution is 0.457. The third-order valence-corrected chi connectivity index (χ3v) is 5.39. The minimum atomic E-state index is -0.232. The first-order chi connectivity index (χ1) is 8.28. The van der Waals surface area contributed by atoms with E-state index in [4.69, 9.17) is 11.6 Å². The van der Waals surface area contributed by atoms with Crippen LogP contribution < -0.4 is 5.32 Å². The Morgan fingerprint density at radius 1 is 1.22 bits per heavy atom. The summed E-state index contributed by atoms with van der Waals surface area (Å²) in [6.07, 6.45) is 0. The highest BCUT2D eigenvalue weighted by Gasteiger charge is 2.63. The molecule has 1 aromatic carbocycles. The first kappa shape index (κ1) is 13.8. The van der Waals surface area contributed by atoms with E-state index in [-0.39, 0.29) is 5.82 Å². The molecule has 1 aliphatic carbocycles. The molecule has 1 saturated carbocycles. The minimum absolute atomic E-state index is 0.232. The zero-order valence-corrected chi connectivity index (χ0v) is 12.2. The summed E-state index contributed by atoms with van der Waals surface area (Å²) in [5, 5.41) is 3.83. The second-order valence-electron chi connectivity index (χ2n) is 6.33. The Bertz CT molecular complexity index is 420. The van der Waals surface area contributed by atoms with Gasteiger partial charge in [-0.05, 0) is 35.4 Å². The molecule has 3 heteroatoms. The average Bonchev–Trinajstić information content (AvgIpc) is 2.64. The Morgan fingerprint density at radius 2 is 1.83 bits per heavy atom. The predicted octanol–water partition coefficient (Wildman–Crippen LogP) is 4.25. The van der Waals surface area contributed by atoms with E-state index in [9.17, 15) is 4.39 Å². The maximum absolute atomic E-state index is 13.6. The van der Waals surface area contributed by atoms with Crippen LogP contribution in [0.4, 0.5) is 4.39 Å². The smallest absolute Gasteiger partial charge is 0.129 e. The van der Waals surface area contributed by atoms with E-state index >= 15 is 0 Å². The molecule has 0 spiro atoms. The fraction of sp³-hybridized carbons (Fsp3) is 0.600. The molecule has 18 heavy (non-hydrogen) atoms. The standard InChI is InChI=1S/C15H21ClFN/c1-14(2)13(15(14,3)4)9-18-8-10-11(16)6-5-7-12(10)17/h5-7,13,18H,8-9H2,1-4H3. The van der Waals surface area contributed by atoms with Crippen LogP contribution in [0.15, 0.2) is 18.2 Å². The van der Waals surface area contributed by atoms with Crippen molar-refractivity contribution in [1.82, 2.24) is 5.32 Å². The van der Waals surface area contributed by atoms with Crippen LogP contribution in [-0.2, 0) is 6.54 Å². The molecule has 1 aliphatic rings. The van der Waals surface area contributed by atoms with Crippen LogP contribution in [-0.4, -0.2) is 6.54 Å². The number of benzene rings is 1. The van der Waals surface area contributed by atoms with Crippen molar-refractivity contribution in [2.45, 2.75) is 34.2 Å². The van der Waals surface area contributed by atoms with Crippen molar-refractivity contribution >= 4 is 11.6 Å². The maximum Gasteiger partial charge on any atom is 0.129 e. The van der Waals surface area contributed by atoms with Gasteiger partial charge in [0.25, 0.3) is 0 Å². The van der Waals surface area contributed by atoms with Gasteiger partial charge in [0.1, 0.15) is 5.82 Å². The first-order valence-electron chi connectivity index (χ1n) is 6.42. The summed E-state index contributed by atoms with van der Waals surface area (Å²) in [6, 6.07) is 4.81. The lowest BCUT2D eigenvalue weighted by Crippen LogP contribution is -2.19. The van der Waals surface area contributed by atoms with Crippen molar-refractivity contribution in [3.8, 4) is 0 Å². The van der Waals surface area contributed by atoms with Crippen LogP contribution in [0, 0.1) is 22.6 Å². The highest BCUT2D eigenvalue weighted by atomic mass is 35.5. The van der Waals surface area contributed by atoms with Crippen molar-refractivity contribution in [2.24, 2.45) is 16.7 Å². The topological polar surface area (TPSA) is 12.0 Å². The van der Waals surface area contributed by atoms with Crippen molar-refractivity contribution in [1.29, 1.82) is 0 Å². The molecule has 2 rings (SSSR count). The van der Waals surface area contributed by atoms with Crippen molar-refractivity contribution < 1.29 is 4.39 Å². The molecule has 1 fully saturated rings. The summed E-state index contributed by atoms with van der Waals surface area (Å²) in [5.41, 5.74) is 1.29. The molecule has 0 atom stereocenters. The summed E-state index contributed by atoms with van der Waals surface area (Å²) in [4.78, 5) is 0. The monoisotopic (exact) mass is 269 g/mol. The molecule has 0 radical (unpaired) electrons. The van der Waals surface area contributed by atoms with E-state index in [0.717, 1.165) is 6.54 Å². The van der Waals surface area contributed by atoms with E-state index < -0.39 is 0 Å². The van der Waals surface area contributed by atoms with Gasteiger partial charge in [-0.3, -0.25) is 0 Å². The first-order valence-corrected chi connectivity index (χ1v) is 6.80. The van der Waals surface area contributed by atoms with E-state index in [1.807, 2.05) is 0 Å². The van der Waals surface area contributed by atoms with E-state index in [1.165, 1.54) is 6.07 Å². The molecule has 0 aliphatic heterocycles. The van der Waals surface area contributed by atoms with Crippen molar-refractivity contribution in [3.63, 3.8) is 0 Å². The normalized spacial score (nSPS) is 21.0. The van der Waals surface area contributed by atoms with Crippen LogP contribution in [0.3, 0.4) is 0 Å². The minimum Gasteiger partial charge on any atom is -0.312 e. The van der Waals surface area contributed by atoms with Gasteiger partial charge in [0, 0.05) is 17.1 Å². The number of hydrogen-bond donors (Lipinski definition) is 1. The lowest BCUT2D eigenvalue weighted by Gasteiger charge is -2.08. The zero-order valence-electron chi connectivity index (χ0n) is 11.5.